The number of carbonyl (C=O) groups excluding carboxylic acids is 2. The Morgan fingerprint density at radius 1 is 1.35 bits per heavy atom. The van der Waals surface area contributed by atoms with Crippen LogP contribution in [-0.2, 0) is 14.3 Å². The molecule has 23 heavy (non-hydrogen) atoms. The number of hydrogen-bond donors (Lipinski definition) is 2. The third kappa shape index (κ3) is 6.11. The molecular formula is C17H31N3O3. The van der Waals surface area contributed by atoms with Gasteiger partial charge in [0.05, 0.1) is 12.5 Å². The maximum absolute atomic E-state index is 12.2. The number of piperazine rings is 1. The number of nitrogens with zero attached hydrogens (tertiary/aromatic N) is 1. The standard InChI is InChI=1S/C17H31N3O3/c1-23-11-5-8-18-16(21)12-15-17(22)19-9-10-20(15)13-14-6-3-2-4-7-14/h14-15H,2-13H2,1H3,(H,18,21)(H,19,22). The van der Waals surface area contributed by atoms with Crippen LogP contribution in [0, 0.1) is 5.92 Å². The first kappa shape index (κ1) is 18.2. The minimum Gasteiger partial charge on any atom is -0.385 e. The number of nitrogens with one attached hydrogen (secondary N) is 2. The van der Waals surface area contributed by atoms with E-state index in [2.05, 4.69) is 15.5 Å². The van der Waals surface area contributed by atoms with E-state index in [0.717, 1.165) is 19.5 Å². The van der Waals surface area contributed by atoms with Crippen molar-refractivity contribution >= 4 is 11.8 Å². The van der Waals surface area contributed by atoms with E-state index in [-0.39, 0.29) is 24.3 Å². The summed E-state index contributed by atoms with van der Waals surface area (Å²) >= 11 is 0. The average molecular weight is 325 g/mol. The van der Waals surface area contributed by atoms with Crippen molar-refractivity contribution in [2.75, 3.05) is 39.9 Å². The van der Waals surface area contributed by atoms with Gasteiger partial charge in [-0.25, -0.2) is 0 Å². The van der Waals surface area contributed by atoms with Crippen LogP contribution in [0.3, 0.4) is 0 Å². The molecule has 0 aromatic carbocycles. The second-order valence-corrected chi connectivity index (χ2v) is 6.71. The van der Waals surface area contributed by atoms with E-state index in [1.165, 1.54) is 32.1 Å². The first-order chi connectivity index (χ1) is 11.2. The number of amides is 2. The Morgan fingerprint density at radius 2 is 2.13 bits per heavy atom. The predicted molar refractivity (Wildman–Crippen MR) is 89.1 cm³/mol. The van der Waals surface area contributed by atoms with Crippen molar-refractivity contribution in [2.24, 2.45) is 5.92 Å². The molecule has 2 aliphatic rings. The molecular weight excluding hydrogens is 294 g/mol. The lowest BCUT2D eigenvalue weighted by atomic mass is 9.88. The van der Waals surface area contributed by atoms with Crippen LogP contribution < -0.4 is 10.6 Å². The second kappa shape index (κ2) is 9.88. The summed E-state index contributed by atoms with van der Waals surface area (Å²) in [6, 6.07) is -0.312. The Kier molecular flexibility index (Phi) is 7.82. The molecule has 1 saturated heterocycles. The van der Waals surface area contributed by atoms with Crippen molar-refractivity contribution in [2.45, 2.75) is 51.0 Å². The minimum absolute atomic E-state index is 0.000832. The third-order valence-corrected chi connectivity index (χ3v) is 4.89. The van der Waals surface area contributed by atoms with Gasteiger partial charge in [-0.15, -0.1) is 0 Å². The summed E-state index contributed by atoms with van der Waals surface area (Å²) < 4.78 is 4.97. The first-order valence-electron chi connectivity index (χ1n) is 8.98. The zero-order valence-electron chi connectivity index (χ0n) is 14.3. The molecule has 1 atom stereocenters. The number of rotatable bonds is 8. The van der Waals surface area contributed by atoms with Gasteiger partial charge in [0.15, 0.2) is 0 Å². The summed E-state index contributed by atoms with van der Waals surface area (Å²) in [5, 5.41) is 5.78. The molecule has 0 spiro atoms. The van der Waals surface area contributed by atoms with Gasteiger partial charge in [0, 0.05) is 39.9 Å². The molecule has 1 unspecified atom stereocenters. The summed E-state index contributed by atoms with van der Waals surface area (Å²) in [6.07, 6.45) is 7.51. The molecule has 1 saturated carbocycles. The molecule has 6 nitrogen and oxygen atoms in total. The summed E-state index contributed by atoms with van der Waals surface area (Å²) in [4.78, 5) is 26.5. The molecule has 6 heteroatoms. The van der Waals surface area contributed by atoms with Gasteiger partial charge in [-0.05, 0) is 25.2 Å². The zero-order valence-corrected chi connectivity index (χ0v) is 14.3. The van der Waals surface area contributed by atoms with Gasteiger partial charge in [0.25, 0.3) is 0 Å². The highest BCUT2D eigenvalue weighted by Crippen LogP contribution is 2.25. The van der Waals surface area contributed by atoms with Gasteiger partial charge in [-0.1, -0.05) is 19.3 Å². The normalized spacial score (nSPS) is 23.5. The maximum Gasteiger partial charge on any atom is 0.237 e. The van der Waals surface area contributed by atoms with Gasteiger partial charge >= 0.3 is 0 Å². The smallest absolute Gasteiger partial charge is 0.237 e. The van der Waals surface area contributed by atoms with E-state index >= 15 is 0 Å². The molecule has 0 radical (unpaired) electrons. The summed E-state index contributed by atoms with van der Waals surface area (Å²) in [7, 11) is 1.65. The highest BCUT2D eigenvalue weighted by Gasteiger charge is 2.32. The van der Waals surface area contributed by atoms with Crippen LogP contribution in [0.2, 0.25) is 0 Å². The minimum atomic E-state index is -0.312. The Morgan fingerprint density at radius 3 is 2.87 bits per heavy atom. The molecule has 2 N–H and O–H groups in total. The molecule has 1 aliphatic heterocycles. The molecule has 2 fully saturated rings. The van der Waals surface area contributed by atoms with Crippen molar-refractivity contribution in [3.8, 4) is 0 Å². The highest BCUT2D eigenvalue weighted by molar-refractivity contribution is 5.88. The third-order valence-electron chi connectivity index (χ3n) is 4.89. The summed E-state index contributed by atoms with van der Waals surface area (Å²) in [6.45, 7) is 3.73. The molecule has 132 valence electrons. The van der Waals surface area contributed by atoms with Crippen LogP contribution >= 0.6 is 0 Å². The van der Waals surface area contributed by atoms with Gasteiger partial charge in [0.2, 0.25) is 11.8 Å². The van der Waals surface area contributed by atoms with Crippen LogP contribution in [0.4, 0.5) is 0 Å². The van der Waals surface area contributed by atoms with E-state index in [1.807, 2.05) is 0 Å². The number of carbonyl (C=O) groups is 2. The SMILES string of the molecule is COCCCNC(=O)CC1C(=O)NCCN1CC1CCCCC1. The fraction of sp³-hybridized carbons (Fsp3) is 0.882. The topological polar surface area (TPSA) is 70.7 Å². The van der Waals surface area contributed by atoms with Crippen molar-refractivity contribution in [3.63, 3.8) is 0 Å². The quantitative estimate of drug-likeness (QED) is 0.651. The largest absolute Gasteiger partial charge is 0.385 e. The number of ether oxygens (including phenoxy) is 1. The van der Waals surface area contributed by atoms with Crippen LogP contribution in [0.5, 0.6) is 0 Å². The van der Waals surface area contributed by atoms with Crippen LogP contribution in [0.15, 0.2) is 0 Å². The summed E-state index contributed by atoms with van der Waals surface area (Å²) in [5.74, 6) is 0.637. The zero-order chi connectivity index (χ0) is 16.5. The van der Waals surface area contributed by atoms with Gasteiger partial charge in [-0.3, -0.25) is 14.5 Å². The fourth-order valence-electron chi connectivity index (χ4n) is 3.60. The fourth-order valence-corrected chi connectivity index (χ4v) is 3.60. The molecule has 2 rings (SSSR count). The summed E-state index contributed by atoms with van der Waals surface area (Å²) in [5.41, 5.74) is 0. The number of hydrogen-bond acceptors (Lipinski definition) is 4. The lowest BCUT2D eigenvalue weighted by Gasteiger charge is -2.37. The van der Waals surface area contributed by atoms with Crippen LogP contribution in [0.1, 0.15) is 44.9 Å². The lowest BCUT2D eigenvalue weighted by molar-refractivity contribution is -0.134. The van der Waals surface area contributed by atoms with E-state index in [4.69, 9.17) is 4.74 Å². The van der Waals surface area contributed by atoms with E-state index in [9.17, 15) is 9.59 Å². The second-order valence-electron chi connectivity index (χ2n) is 6.71. The van der Waals surface area contributed by atoms with Crippen LogP contribution in [0.25, 0.3) is 0 Å². The Balaban J connectivity index is 1.81. The van der Waals surface area contributed by atoms with E-state index in [0.29, 0.717) is 25.6 Å². The maximum atomic E-state index is 12.2. The van der Waals surface area contributed by atoms with Crippen molar-refractivity contribution in [3.05, 3.63) is 0 Å². The Hall–Kier alpha value is -1.14. The van der Waals surface area contributed by atoms with E-state index < -0.39 is 0 Å². The Labute approximate surface area is 139 Å². The monoisotopic (exact) mass is 325 g/mol. The average Bonchev–Trinajstić information content (AvgIpc) is 2.56. The van der Waals surface area contributed by atoms with E-state index in [1.54, 1.807) is 7.11 Å². The Bertz CT molecular complexity index is 383. The highest BCUT2D eigenvalue weighted by atomic mass is 16.5. The molecule has 0 aromatic rings. The van der Waals surface area contributed by atoms with Crippen molar-refractivity contribution in [1.82, 2.24) is 15.5 Å². The number of methoxy groups -OCH3 is 1. The van der Waals surface area contributed by atoms with Crippen LogP contribution in [-0.4, -0.2) is 62.7 Å². The lowest BCUT2D eigenvalue weighted by Crippen LogP contribution is -2.57. The van der Waals surface area contributed by atoms with Crippen molar-refractivity contribution < 1.29 is 14.3 Å². The molecule has 0 bridgehead atoms. The van der Waals surface area contributed by atoms with Gasteiger partial charge in [0.1, 0.15) is 0 Å². The van der Waals surface area contributed by atoms with Crippen molar-refractivity contribution in [1.29, 1.82) is 0 Å². The molecule has 1 aliphatic carbocycles. The predicted octanol–water partition coefficient (Wildman–Crippen LogP) is 0.910. The first-order valence-corrected chi connectivity index (χ1v) is 8.98. The molecule has 1 heterocycles. The molecule has 2 amide bonds. The molecule has 0 aromatic heterocycles. The van der Waals surface area contributed by atoms with Gasteiger partial charge in [-0.2, -0.15) is 0 Å². The van der Waals surface area contributed by atoms with Gasteiger partial charge < -0.3 is 15.4 Å².